The van der Waals surface area contributed by atoms with Crippen molar-refractivity contribution >= 4 is 6.29 Å². The van der Waals surface area contributed by atoms with Crippen molar-refractivity contribution in [2.75, 3.05) is 0 Å². The second kappa shape index (κ2) is 3.34. The number of carbonyl (C=O) groups excluding carboxylic acids is 1. The molecule has 0 radical (unpaired) electrons. The number of aldehydes is 1. The first kappa shape index (κ1) is 11.2. The molecule has 0 amide bonds. The Morgan fingerprint density at radius 2 is 2.12 bits per heavy atom. The smallest absolute Gasteiger partial charge is 0.303 e. The summed E-state index contributed by atoms with van der Waals surface area (Å²) in [5, 5.41) is 0. The lowest BCUT2D eigenvalue weighted by Crippen LogP contribution is -2.10. The van der Waals surface area contributed by atoms with Crippen molar-refractivity contribution in [2.45, 2.75) is 24.9 Å². The normalized spacial score (nSPS) is 28.9. The highest BCUT2D eigenvalue weighted by molar-refractivity contribution is 5.64. The molecule has 4 heteroatoms. The molecule has 1 saturated carbocycles. The van der Waals surface area contributed by atoms with Gasteiger partial charge in [0, 0.05) is 11.3 Å². The fourth-order valence-electron chi connectivity index (χ4n) is 1.98. The van der Waals surface area contributed by atoms with E-state index in [1.54, 1.807) is 6.07 Å². The Hall–Kier alpha value is -1.32. The predicted molar refractivity (Wildman–Crippen MR) is 53.0 cm³/mol. The van der Waals surface area contributed by atoms with Crippen LogP contribution in [-0.2, 0) is 16.4 Å². The second-order valence-electron chi connectivity index (χ2n) is 4.44. The van der Waals surface area contributed by atoms with Gasteiger partial charge < -0.3 is 4.79 Å². The minimum atomic E-state index is -4.32. The van der Waals surface area contributed by atoms with E-state index in [4.69, 9.17) is 0 Å². The van der Waals surface area contributed by atoms with E-state index in [0.717, 1.165) is 18.4 Å². The third kappa shape index (κ3) is 1.72. The molecule has 2 unspecified atom stereocenters. The maximum absolute atomic E-state index is 12.5. The second-order valence-corrected chi connectivity index (χ2v) is 4.44. The standard InChI is InChI=1S/C12H11F3O/c1-11(6-10(11)7-16)8-3-2-4-9(5-8)12(13,14)15/h2-5,7,10H,6H2,1H3. The summed E-state index contributed by atoms with van der Waals surface area (Å²) in [7, 11) is 0. The average molecular weight is 228 g/mol. The van der Waals surface area contributed by atoms with Gasteiger partial charge in [0.1, 0.15) is 6.29 Å². The first-order valence-electron chi connectivity index (χ1n) is 5.01. The number of alkyl halides is 3. The maximum atomic E-state index is 12.5. The minimum Gasteiger partial charge on any atom is -0.303 e. The summed E-state index contributed by atoms with van der Waals surface area (Å²) in [5.41, 5.74) is -0.453. The van der Waals surface area contributed by atoms with Crippen LogP contribution in [0.5, 0.6) is 0 Å². The van der Waals surface area contributed by atoms with Gasteiger partial charge in [0.15, 0.2) is 0 Å². The van der Waals surface area contributed by atoms with E-state index in [0.29, 0.717) is 12.0 Å². The maximum Gasteiger partial charge on any atom is 0.416 e. The van der Waals surface area contributed by atoms with Crippen LogP contribution in [0, 0.1) is 5.92 Å². The van der Waals surface area contributed by atoms with E-state index in [-0.39, 0.29) is 5.92 Å². The van der Waals surface area contributed by atoms with Crippen molar-refractivity contribution < 1.29 is 18.0 Å². The van der Waals surface area contributed by atoms with Gasteiger partial charge in [-0.1, -0.05) is 25.1 Å². The van der Waals surface area contributed by atoms with Crippen LogP contribution in [-0.4, -0.2) is 6.29 Å². The molecule has 0 N–H and O–H groups in total. The van der Waals surface area contributed by atoms with Crippen LogP contribution in [0.3, 0.4) is 0 Å². The van der Waals surface area contributed by atoms with Gasteiger partial charge in [-0.15, -0.1) is 0 Å². The Kier molecular flexibility index (Phi) is 2.33. The molecule has 0 bridgehead atoms. The molecule has 2 atom stereocenters. The molecule has 2 rings (SSSR count). The molecule has 86 valence electrons. The van der Waals surface area contributed by atoms with Crippen LogP contribution in [0.2, 0.25) is 0 Å². The van der Waals surface area contributed by atoms with E-state index in [1.807, 2.05) is 6.92 Å². The van der Waals surface area contributed by atoms with Gasteiger partial charge in [-0.05, 0) is 18.1 Å². The van der Waals surface area contributed by atoms with Gasteiger partial charge in [0.05, 0.1) is 5.56 Å². The summed E-state index contributed by atoms with van der Waals surface area (Å²) in [5.74, 6) is -0.143. The van der Waals surface area contributed by atoms with E-state index < -0.39 is 17.2 Å². The lowest BCUT2D eigenvalue weighted by atomic mass is 9.94. The van der Waals surface area contributed by atoms with Crippen LogP contribution in [0.25, 0.3) is 0 Å². The quantitative estimate of drug-likeness (QED) is 0.710. The zero-order valence-corrected chi connectivity index (χ0v) is 8.71. The minimum absolute atomic E-state index is 0.143. The zero-order valence-electron chi connectivity index (χ0n) is 8.71. The number of hydrogen-bond donors (Lipinski definition) is 0. The molecule has 1 aromatic rings. The molecule has 1 aliphatic rings. The summed E-state index contributed by atoms with van der Waals surface area (Å²) in [6.07, 6.45) is -2.87. The van der Waals surface area contributed by atoms with Crippen molar-refractivity contribution in [3.8, 4) is 0 Å². The average Bonchev–Trinajstić information content (AvgIpc) is 2.90. The molecule has 1 aromatic carbocycles. The third-order valence-electron chi connectivity index (χ3n) is 3.32. The van der Waals surface area contributed by atoms with Crippen molar-refractivity contribution in [3.63, 3.8) is 0 Å². The van der Waals surface area contributed by atoms with Crippen molar-refractivity contribution in [1.29, 1.82) is 0 Å². The van der Waals surface area contributed by atoms with Crippen LogP contribution in [0.15, 0.2) is 24.3 Å². The Morgan fingerprint density at radius 1 is 1.44 bits per heavy atom. The van der Waals surface area contributed by atoms with Crippen LogP contribution in [0.1, 0.15) is 24.5 Å². The van der Waals surface area contributed by atoms with Crippen molar-refractivity contribution in [3.05, 3.63) is 35.4 Å². The van der Waals surface area contributed by atoms with Crippen molar-refractivity contribution in [2.24, 2.45) is 5.92 Å². The van der Waals surface area contributed by atoms with Crippen LogP contribution >= 0.6 is 0 Å². The first-order chi connectivity index (χ1) is 7.38. The molecule has 0 saturated heterocycles. The third-order valence-corrected chi connectivity index (χ3v) is 3.32. The molecule has 1 aliphatic carbocycles. The summed E-state index contributed by atoms with van der Waals surface area (Å²) < 4.78 is 37.5. The molecule has 1 fully saturated rings. The summed E-state index contributed by atoms with van der Waals surface area (Å²) in [6, 6.07) is 5.23. The van der Waals surface area contributed by atoms with E-state index in [9.17, 15) is 18.0 Å². The topological polar surface area (TPSA) is 17.1 Å². The Bertz CT molecular complexity index is 425. The highest BCUT2D eigenvalue weighted by Gasteiger charge is 2.51. The Balaban J connectivity index is 2.35. The van der Waals surface area contributed by atoms with Crippen LogP contribution < -0.4 is 0 Å². The Morgan fingerprint density at radius 3 is 2.62 bits per heavy atom. The molecule has 1 nitrogen and oxygen atoms in total. The molecular formula is C12H11F3O. The molecule has 0 heterocycles. The predicted octanol–water partition coefficient (Wildman–Crippen LogP) is 3.18. The van der Waals surface area contributed by atoms with Gasteiger partial charge >= 0.3 is 6.18 Å². The summed E-state index contributed by atoms with van der Waals surface area (Å²) >= 11 is 0. The molecule has 0 aliphatic heterocycles. The fourth-order valence-corrected chi connectivity index (χ4v) is 1.98. The zero-order chi connectivity index (χ0) is 12.0. The lowest BCUT2D eigenvalue weighted by Gasteiger charge is -2.13. The van der Waals surface area contributed by atoms with Gasteiger partial charge in [0.25, 0.3) is 0 Å². The molecule has 0 spiro atoms. The summed E-state index contributed by atoms with van der Waals surface area (Å²) in [6.45, 7) is 1.82. The van der Waals surface area contributed by atoms with Crippen molar-refractivity contribution in [1.82, 2.24) is 0 Å². The molecular weight excluding hydrogens is 217 g/mol. The number of hydrogen-bond acceptors (Lipinski definition) is 1. The van der Waals surface area contributed by atoms with E-state index in [2.05, 4.69) is 0 Å². The van der Waals surface area contributed by atoms with E-state index in [1.165, 1.54) is 6.07 Å². The number of carbonyl (C=O) groups is 1. The highest BCUT2D eigenvalue weighted by atomic mass is 19.4. The largest absolute Gasteiger partial charge is 0.416 e. The Labute approximate surface area is 91.3 Å². The number of benzene rings is 1. The number of rotatable bonds is 2. The van der Waals surface area contributed by atoms with Gasteiger partial charge in [0.2, 0.25) is 0 Å². The van der Waals surface area contributed by atoms with Crippen LogP contribution in [0.4, 0.5) is 13.2 Å². The SMILES string of the molecule is CC1(c2cccc(C(F)(F)F)c2)CC1C=O. The lowest BCUT2D eigenvalue weighted by molar-refractivity contribution is -0.137. The molecule has 16 heavy (non-hydrogen) atoms. The highest BCUT2D eigenvalue weighted by Crippen LogP contribution is 2.53. The van der Waals surface area contributed by atoms with Gasteiger partial charge in [-0.3, -0.25) is 0 Å². The van der Waals surface area contributed by atoms with Gasteiger partial charge in [-0.2, -0.15) is 13.2 Å². The monoisotopic (exact) mass is 228 g/mol. The summed E-state index contributed by atoms with van der Waals surface area (Å²) in [4.78, 5) is 10.6. The van der Waals surface area contributed by atoms with E-state index >= 15 is 0 Å². The first-order valence-corrected chi connectivity index (χ1v) is 5.01. The van der Waals surface area contributed by atoms with Gasteiger partial charge in [-0.25, -0.2) is 0 Å². The fraction of sp³-hybridized carbons (Fsp3) is 0.417. The number of halogens is 3. The molecule has 0 aromatic heterocycles.